The maximum Gasteiger partial charge on any atom is 0.0597 e. The highest BCUT2D eigenvalue weighted by Gasteiger charge is 2.31. The van der Waals surface area contributed by atoms with Crippen LogP contribution in [0.25, 0.3) is 55.0 Å². The largest absolute Gasteiger partial charge is 0.310 e. The van der Waals surface area contributed by atoms with Crippen LogP contribution in [0.15, 0.2) is 194 Å². The molecule has 2 aromatic heterocycles. The third-order valence-corrected chi connectivity index (χ3v) is 13.4. The minimum atomic E-state index is 0.849. The second-order valence-electron chi connectivity index (χ2n) is 17.1. The molecule has 4 heteroatoms. The van der Waals surface area contributed by atoms with Crippen molar-refractivity contribution >= 4 is 77.7 Å². The van der Waals surface area contributed by atoms with Crippen LogP contribution < -0.4 is 9.80 Å². The van der Waals surface area contributed by atoms with Crippen LogP contribution in [0.5, 0.6) is 0 Å². The molecule has 4 heterocycles. The lowest BCUT2D eigenvalue weighted by Gasteiger charge is -2.30. The molecule has 9 aromatic carbocycles. The van der Waals surface area contributed by atoms with Gasteiger partial charge in [-0.05, 0) is 121 Å². The van der Waals surface area contributed by atoms with Gasteiger partial charge in [-0.2, -0.15) is 0 Å². The fraction of sp³-hybridized carbons (Fsp3) is 0.0690. The Labute approximate surface area is 360 Å². The van der Waals surface area contributed by atoms with E-state index in [-0.39, 0.29) is 0 Å². The Bertz CT molecular complexity index is 3370. The van der Waals surface area contributed by atoms with Gasteiger partial charge in [0.15, 0.2) is 0 Å². The molecule has 62 heavy (non-hydrogen) atoms. The molecule has 4 nitrogen and oxygen atoms in total. The molecule has 13 rings (SSSR count). The van der Waals surface area contributed by atoms with Crippen molar-refractivity contribution in [2.45, 2.75) is 26.7 Å². The van der Waals surface area contributed by atoms with Crippen molar-refractivity contribution in [1.29, 1.82) is 0 Å². The molecular formula is C58H42N4. The minimum Gasteiger partial charge on any atom is -0.310 e. The molecule has 0 bridgehead atoms. The highest BCUT2D eigenvalue weighted by molar-refractivity contribution is 6.21. The zero-order chi connectivity index (χ0) is 41.1. The van der Waals surface area contributed by atoms with Gasteiger partial charge in [0, 0.05) is 79.6 Å². The van der Waals surface area contributed by atoms with E-state index < -0.39 is 0 Å². The van der Waals surface area contributed by atoms with Gasteiger partial charge < -0.3 is 18.9 Å². The minimum absolute atomic E-state index is 0.849. The zero-order valence-electron chi connectivity index (χ0n) is 34.7. The lowest BCUT2D eigenvalue weighted by molar-refractivity contribution is 1.04. The number of aryl methyl sites for hydroxylation is 2. The second kappa shape index (κ2) is 13.3. The van der Waals surface area contributed by atoms with Crippen LogP contribution in [0, 0.1) is 13.8 Å². The summed E-state index contributed by atoms with van der Waals surface area (Å²) in [6.45, 7) is 4.36. The van der Waals surface area contributed by atoms with Gasteiger partial charge in [0.25, 0.3) is 0 Å². The molecule has 0 radical (unpaired) electrons. The Kier molecular flexibility index (Phi) is 7.53. The van der Waals surface area contributed by atoms with E-state index in [0.717, 1.165) is 35.6 Å². The van der Waals surface area contributed by atoms with Crippen LogP contribution >= 0.6 is 0 Å². The van der Waals surface area contributed by atoms with Crippen LogP contribution in [-0.2, 0) is 12.8 Å². The maximum absolute atomic E-state index is 2.57. The number of hydrogen-bond donors (Lipinski definition) is 0. The third-order valence-electron chi connectivity index (χ3n) is 13.4. The number of benzene rings is 9. The number of aromatic nitrogens is 2. The number of para-hydroxylation sites is 4. The van der Waals surface area contributed by atoms with Gasteiger partial charge in [0.2, 0.25) is 0 Å². The fourth-order valence-corrected chi connectivity index (χ4v) is 10.8. The van der Waals surface area contributed by atoms with Crippen LogP contribution in [-0.4, -0.2) is 9.13 Å². The van der Waals surface area contributed by atoms with Gasteiger partial charge in [-0.15, -0.1) is 0 Å². The van der Waals surface area contributed by atoms with E-state index in [9.17, 15) is 0 Å². The third kappa shape index (κ3) is 5.07. The molecule has 0 aliphatic carbocycles. The van der Waals surface area contributed by atoms with E-state index in [2.05, 4.69) is 227 Å². The standard InChI is InChI=1S/C58H42N4/c1-37-15-13-23-43(31-37)59(41-19-5-3-6-20-41)53-29-27-45-47-35-56-48(36-55(47)61-51-25-11-9-17-39(51)33-49(53)57(45)61)46-28-30-54(50-34-40-18-10-12-26-52(40)62(56)58(46)50)60(42-21-7-4-8-22-42)44-24-14-16-38(2)32-44/h3-32,35-36H,33-34H2,1-2H3. The second-order valence-corrected chi connectivity index (χ2v) is 17.1. The van der Waals surface area contributed by atoms with Crippen molar-refractivity contribution in [3.8, 4) is 11.4 Å². The van der Waals surface area contributed by atoms with Crippen LogP contribution in [0.1, 0.15) is 33.4 Å². The van der Waals surface area contributed by atoms with Gasteiger partial charge in [0.05, 0.1) is 33.4 Å². The van der Waals surface area contributed by atoms with Gasteiger partial charge in [0.1, 0.15) is 0 Å². The first-order valence-corrected chi connectivity index (χ1v) is 21.7. The van der Waals surface area contributed by atoms with Gasteiger partial charge in [-0.3, -0.25) is 0 Å². The molecule has 0 fully saturated rings. The van der Waals surface area contributed by atoms with Crippen molar-refractivity contribution in [3.05, 3.63) is 228 Å². The summed E-state index contributed by atoms with van der Waals surface area (Å²) in [7, 11) is 0. The van der Waals surface area contributed by atoms with Crippen molar-refractivity contribution in [3.63, 3.8) is 0 Å². The summed E-state index contributed by atoms with van der Waals surface area (Å²) in [5.74, 6) is 0. The molecule has 0 saturated carbocycles. The van der Waals surface area contributed by atoms with Crippen molar-refractivity contribution in [2.75, 3.05) is 9.80 Å². The first-order chi connectivity index (χ1) is 30.6. The van der Waals surface area contributed by atoms with Crippen LogP contribution in [0.2, 0.25) is 0 Å². The Morgan fingerprint density at radius 3 is 1.19 bits per heavy atom. The van der Waals surface area contributed by atoms with Gasteiger partial charge >= 0.3 is 0 Å². The monoisotopic (exact) mass is 794 g/mol. The highest BCUT2D eigenvalue weighted by atomic mass is 15.2. The molecule has 0 atom stereocenters. The van der Waals surface area contributed by atoms with E-state index in [4.69, 9.17) is 0 Å². The van der Waals surface area contributed by atoms with E-state index in [1.165, 1.54) is 99.7 Å². The Morgan fingerprint density at radius 1 is 0.355 bits per heavy atom. The first kappa shape index (κ1) is 35.0. The van der Waals surface area contributed by atoms with Crippen molar-refractivity contribution < 1.29 is 0 Å². The average molecular weight is 795 g/mol. The predicted octanol–water partition coefficient (Wildman–Crippen LogP) is 15.2. The number of rotatable bonds is 6. The maximum atomic E-state index is 2.57. The summed E-state index contributed by atoms with van der Waals surface area (Å²) in [5.41, 5.74) is 22.5. The normalized spacial score (nSPS) is 12.5. The summed E-state index contributed by atoms with van der Waals surface area (Å²) in [6, 6.07) is 72.0. The van der Waals surface area contributed by atoms with Crippen LogP contribution in [0.3, 0.4) is 0 Å². The first-order valence-electron chi connectivity index (χ1n) is 21.7. The Morgan fingerprint density at radius 2 is 0.758 bits per heavy atom. The van der Waals surface area contributed by atoms with E-state index >= 15 is 0 Å². The number of fused-ring (bicyclic) bond motifs is 10. The molecule has 0 spiro atoms. The van der Waals surface area contributed by atoms with Crippen molar-refractivity contribution in [2.24, 2.45) is 0 Å². The summed E-state index contributed by atoms with van der Waals surface area (Å²) in [5, 5.41) is 5.11. The number of hydrogen-bond acceptors (Lipinski definition) is 2. The molecule has 0 unspecified atom stereocenters. The summed E-state index contributed by atoms with van der Waals surface area (Å²) in [6.07, 6.45) is 1.70. The molecule has 0 saturated heterocycles. The van der Waals surface area contributed by atoms with Gasteiger partial charge in [-0.1, -0.05) is 109 Å². The van der Waals surface area contributed by atoms with Gasteiger partial charge in [-0.25, -0.2) is 0 Å². The fourth-order valence-electron chi connectivity index (χ4n) is 10.8. The molecule has 2 aliphatic heterocycles. The lowest BCUT2D eigenvalue weighted by Crippen LogP contribution is -2.16. The number of nitrogens with zero attached hydrogens (tertiary/aromatic N) is 4. The SMILES string of the molecule is Cc1cccc(N(c2ccccc2)c2ccc3c4cc5c(cc4n4c3c2Cc2ccccc2-4)c2ccc(N(c3ccccc3)c3cccc(C)c3)c3c2n5-c2ccccc2C3)c1. The molecule has 0 amide bonds. The topological polar surface area (TPSA) is 16.3 Å². The summed E-state index contributed by atoms with van der Waals surface area (Å²) >= 11 is 0. The molecule has 2 aliphatic rings. The quantitative estimate of drug-likeness (QED) is 0.167. The Balaban J connectivity index is 1.12. The Hall–Kier alpha value is -7.82. The van der Waals surface area contributed by atoms with Crippen LogP contribution in [0.4, 0.5) is 34.1 Å². The van der Waals surface area contributed by atoms with E-state index in [1.54, 1.807) is 0 Å². The average Bonchev–Trinajstić information content (AvgIpc) is 3.81. The molecular weight excluding hydrogens is 753 g/mol. The summed E-state index contributed by atoms with van der Waals surface area (Å²) < 4.78 is 5.14. The lowest BCUT2D eigenvalue weighted by atomic mass is 9.94. The van der Waals surface area contributed by atoms with Crippen molar-refractivity contribution in [1.82, 2.24) is 9.13 Å². The number of anilines is 6. The smallest absolute Gasteiger partial charge is 0.0597 e. The van der Waals surface area contributed by atoms with E-state index in [0.29, 0.717) is 0 Å². The molecule has 0 N–H and O–H groups in total. The zero-order valence-corrected chi connectivity index (χ0v) is 34.7. The molecule has 11 aromatic rings. The van der Waals surface area contributed by atoms with E-state index in [1.807, 2.05) is 0 Å². The highest BCUT2D eigenvalue weighted by Crippen LogP contribution is 2.51. The molecule has 294 valence electrons. The summed E-state index contributed by atoms with van der Waals surface area (Å²) in [4.78, 5) is 4.90. The predicted molar refractivity (Wildman–Crippen MR) is 260 cm³/mol.